The van der Waals surface area contributed by atoms with E-state index in [1.54, 1.807) is 24.3 Å². The van der Waals surface area contributed by atoms with E-state index in [0.717, 1.165) is 43.2 Å². The molecule has 4 rings (SSSR count). The van der Waals surface area contributed by atoms with E-state index < -0.39 is 0 Å². The number of nitrogens with zero attached hydrogens (tertiary/aromatic N) is 2. The molecule has 2 aromatic carbocycles. The lowest BCUT2D eigenvalue weighted by molar-refractivity contribution is -0.117. The van der Waals surface area contributed by atoms with E-state index >= 15 is 0 Å². The van der Waals surface area contributed by atoms with Crippen molar-refractivity contribution in [2.24, 2.45) is 0 Å². The van der Waals surface area contributed by atoms with Gasteiger partial charge < -0.3 is 10.6 Å². The van der Waals surface area contributed by atoms with Crippen molar-refractivity contribution in [2.75, 3.05) is 10.6 Å². The minimum absolute atomic E-state index is 0.0693. The number of halogens is 4. The van der Waals surface area contributed by atoms with Gasteiger partial charge in [0, 0.05) is 44.8 Å². The predicted molar refractivity (Wildman–Crippen MR) is 165 cm³/mol. The number of carbonyl (C=O) groups is 2. The summed E-state index contributed by atoms with van der Waals surface area (Å²) in [5.41, 5.74) is 2.93. The Kier molecular flexibility index (Phi) is 11.0. The SMILES string of the molecule is O=C(CCCCCCCC(=O)Nc1nc(-c2ccc(Cl)cc2Cl)cs1)Nc1nc(-c2ccc(Cl)cc2Cl)cs1. The van der Waals surface area contributed by atoms with Gasteiger partial charge in [0.15, 0.2) is 10.3 Å². The number of amides is 2. The summed E-state index contributed by atoms with van der Waals surface area (Å²) in [4.78, 5) is 33.5. The summed E-state index contributed by atoms with van der Waals surface area (Å²) >= 11 is 27.1. The molecule has 0 radical (unpaired) electrons. The van der Waals surface area contributed by atoms with Crippen molar-refractivity contribution in [3.63, 3.8) is 0 Å². The summed E-state index contributed by atoms with van der Waals surface area (Å²) in [7, 11) is 0. The first-order valence-electron chi connectivity index (χ1n) is 12.2. The van der Waals surface area contributed by atoms with Crippen molar-refractivity contribution in [1.82, 2.24) is 9.97 Å². The number of benzene rings is 2. The van der Waals surface area contributed by atoms with Gasteiger partial charge in [-0.05, 0) is 49.2 Å². The third-order valence-electron chi connectivity index (χ3n) is 5.72. The number of unbranched alkanes of at least 4 members (excludes halogenated alkanes) is 4. The molecule has 2 heterocycles. The number of hydrogen-bond donors (Lipinski definition) is 2. The Morgan fingerprint density at radius 2 is 1.05 bits per heavy atom. The first-order valence-corrected chi connectivity index (χ1v) is 15.5. The average molecular weight is 642 g/mol. The van der Waals surface area contributed by atoms with E-state index in [1.807, 2.05) is 22.9 Å². The van der Waals surface area contributed by atoms with Crippen LogP contribution in [0.5, 0.6) is 0 Å². The lowest BCUT2D eigenvalue weighted by atomic mass is 10.1. The van der Waals surface area contributed by atoms with Gasteiger partial charge in [-0.15, -0.1) is 22.7 Å². The minimum Gasteiger partial charge on any atom is -0.302 e. The van der Waals surface area contributed by atoms with Gasteiger partial charge in [-0.25, -0.2) is 9.97 Å². The Balaban J connectivity index is 1.09. The van der Waals surface area contributed by atoms with Crippen molar-refractivity contribution >= 4 is 91.2 Å². The molecule has 39 heavy (non-hydrogen) atoms. The second kappa shape index (κ2) is 14.4. The molecule has 6 nitrogen and oxygen atoms in total. The topological polar surface area (TPSA) is 84.0 Å². The fourth-order valence-corrected chi connectivity index (χ4v) is 6.23. The fraction of sp³-hybridized carbons (Fsp3) is 0.259. The van der Waals surface area contributed by atoms with Gasteiger partial charge in [0.2, 0.25) is 11.8 Å². The summed E-state index contributed by atoms with van der Waals surface area (Å²) in [6.07, 6.45) is 5.16. The summed E-state index contributed by atoms with van der Waals surface area (Å²) in [5.74, 6) is -0.139. The molecule has 0 fully saturated rings. The highest BCUT2D eigenvalue weighted by Crippen LogP contribution is 2.33. The van der Waals surface area contributed by atoms with E-state index in [0.29, 0.717) is 54.6 Å². The summed E-state index contributed by atoms with van der Waals surface area (Å²) in [6.45, 7) is 0. The molecule has 204 valence electrons. The van der Waals surface area contributed by atoms with Gasteiger partial charge in [-0.2, -0.15) is 0 Å². The number of rotatable bonds is 12. The van der Waals surface area contributed by atoms with Crippen LogP contribution in [0.3, 0.4) is 0 Å². The van der Waals surface area contributed by atoms with Gasteiger partial charge in [-0.1, -0.05) is 65.7 Å². The lowest BCUT2D eigenvalue weighted by Gasteiger charge is -2.04. The summed E-state index contributed by atoms with van der Waals surface area (Å²) in [6, 6.07) is 10.5. The van der Waals surface area contributed by atoms with Crippen LogP contribution in [0.2, 0.25) is 20.1 Å². The van der Waals surface area contributed by atoms with Crippen LogP contribution in [0.1, 0.15) is 44.9 Å². The van der Waals surface area contributed by atoms with Crippen LogP contribution in [0.15, 0.2) is 47.2 Å². The van der Waals surface area contributed by atoms with E-state index in [9.17, 15) is 9.59 Å². The van der Waals surface area contributed by atoms with Crippen molar-refractivity contribution in [3.05, 3.63) is 67.2 Å². The highest BCUT2D eigenvalue weighted by Gasteiger charge is 2.12. The molecular weight excluding hydrogens is 618 g/mol. The second-order valence-electron chi connectivity index (χ2n) is 8.69. The Labute approximate surface area is 254 Å². The molecule has 2 aromatic heterocycles. The van der Waals surface area contributed by atoms with Gasteiger partial charge in [0.25, 0.3) is 0 Å². The zero-order valence-electron chi connectivity index (χ0n) is 20.6. The highest BCUT2D eigenvalue weighted by atomic mass is 35.5. The molecule has 0 saturated heterocycles. The molecule has 0 spiro atoms. The molecule has 4 aromatic rings. The van der Waals surface area contributed by atoms with Crippen LogP contribution >= 0.6 is 69.1 Å². The predicted octanol–water partition coefficient (Wildman–Crippen LogP) is 9.86. The van der Waals surface area contributed by atoms with Crippen molar-refractivity contribution in [2.45, 2.75) is 44.9 Å². The molecule has 0 saturated carbocycles. The van der Waals surface area contributed by atoms with Crippen molar-refractivity contribution in [3.8, 4) is 22.5 Å². The van der Waals surface area contributed by atoms with Gasteiger partial charge in [0.05, 0.1) is 21.4 Å². The zero-order chi connectivity index (χ0) is 27.8. The maximum atomic E-state index is 12.3. The first-order chi connectivity index (χ1) is 18.8. The third kappa shape index (κ3) is 8.90. The highest BCUT2D eigenvalue weighted by molar-refractivity contribution is 7.14. The Hall–Kier alpha value is -2.20. The minimum atomic E-state index is -0.0693. The van der Waals surface area contributed by atoms with E-state index in [-0.39, 0.29) is 11.8 Å². The molecule has 2 amide bonds. The molecular formula is C27H24Cl4N4O2S2. The fourth-order valence-electron chi connectivity index (χ4n) is 3.77. The number of nitrogens with one attached hydrogen (secondary N) is 2. The lowest BCUT2D eigenvalue weighted by Crippen LogP contribution is -2.11. The molecule has 0 aliphatic heterocycles. The van der Waals surface area contributed by atoms with Gasteiger partial charge >= 0.3 is 0 Å². The number of hydrogen-bond acceptors (Lipinski definition) is 6. The molecule has 0 atom stereocenters. The van der Waals surface area contributed by atoms with Crippen LogP contribution in [-0.4, -0.2) is 21.8 Å². The maximum Gasteiger partial charge on any atom is 0.226 e. The van der Waals surface area contributed by atoms with Crippen LogP contribution in [0, 0.1) is 0 Å². The summed E-state index contributed by atoms with van der Waals surface area (Å²) < 4.78 is 0. The normalized spacial score (nSPS) is 11.0. The Bertz CT molecular complexity index is 1350. The first kappa shape index (κ1) is 29.8. The average Bonchev–Trinajstić information content (AvgIpc) is 3.53. The maximum absolute atomic E-state index is 12.3. The Morgan fingerprint density at radius 3 is 1.46 bits per heavy atom. The largest absolute Gasteiger partial charge is 0.302 e. The number of thiazole rings is 2. The molecule has 0 aliphatic rings. The van der Waals surface area contributed by atoms with Crippen molar-refractivity contribution in [1.29, 1.82) is 0 Å². The molecule has 0 bridgehead atoms. The monoisotopic (exact) mass is 640 g/mol. The number of aromatic nitrogens is 2. The molecule has 0 unspecified atom stereocenters. The number of carbonyl (C=O) groups excluding carboxylic acids is 2. The van der Waals surface area contributed by atoms with E-state index in [1.165, 1.54) is 22.7 Å². The van der Waals surface area contributed by atoms with E-state index in [4.69, 9.17) is 46.4 Å². The van der Waals surface area contributed by atoms with Crippen LogP contribution in [0.4, 0.5) is 10.3 Å². The zero-order valence-corrected chi connectivity index (χ0v) is 25.3. The Morgan fingerprint density at radius 1 is 0.641 bits per heavy atom. The van der Waals surface area contributed by atoms with Crippen LogP contribution < -0.4 is 10.6 Å². The summed E-state index contributed by atoms with van der Waals surface area (Å²) in [5, 5.41) is 12.6. The van der Waals surface area contributed by atoms with Crippen LogP contribution in [0.25, 0.3) is 22.5 Å². The molecule has 0 aliphatic carbocycles. The van der Waals surface area contributed by atoms with Gasteiger partial charge in [-0.3, -0.25) is 9.59 Å². The van der Waals surface area contributed by atoms with Gasteiger partial charge in [0.1, 0.15) is 0 Å². The third-order valence-corrected chi connectivity index (χ3v) is 8.33. The molecule has 2 N–H and O–H groups in total. The van der Waals surface area contributed by atoms with E-state index in [2.05, 4.69) is 20.6 Å². The standard InChI is InChI=1S/C27H24Cl4N4O2S2/c28-16-8-10-18(20(30)12-16)22-14-38-26(32-22)34-24(36)6-4-2-1-3-5-7-25(37)35-27-33-23(15-39-27)19-11-9-17(29)13-21(19)31/h8-15H,1-7H2,(H,32,34,36)(H,33,35,37). The second-order valence-corrected chi connectivity index (χ2v) is 12.1. The number of anilines is 2. The smallest absolute Gasteiger partial charge is 0.226 e. The van der Waals surface area contributed by atoms with Crippen molar-refractivity contribution < 1.29 is 9.59 Å². The quantitative estimate of drug-likeness (QED) is 0.151. The van der Waals surface area contributed by atoms with Crippen LogP contribution in [-0.2, 0) is 9.59 Å². The molecule has 12 heteroatoms.